The molecule has 1 aliphatic carbocycles. The molecule has 2 unspecified atom stereocenters. The minimum absolute atomic E-state index is 0.136. The van der Waals surface area contributed by atoms with Gasteiger partial charge < -0.3 is 14.9 Å². The van der Waals surface area contributed by atoms with Gasteiger partial charge in [0, 0.05) is 32.1 Å². The lowest BCUT2D eigenvalue weighted by Gasteiger charge is -2.37. The molecule has 0 aromatic carbocycles. The smallest absolute Gasteiger partial charge is 0.251 e. The Morgan fingerprint density at radius 1 is 1.00 bits per heavy atom. The average Bonchev–Trinajstić information content (AvgIpc) is 2.59. The molecule has 2 aliphatic rings. The summed E-state index contributed by atoms with van der Waals surface area (Å²) in [5.41, 5.74) is 0. The van der Waals surface area contributed by atoms with E-state index in [4.69, 9.17) is 0 Å². The van der Waals surface area contributed by atoms with Gasteiger partial charge in [-0.05, 0) is 25.7 Å². The molecule has 2 fully saturated rings. The lowest BCUT2D eigenvalue weighted by Crippen LogP contribution is -2.53. The summed E-state index contributed by atoms with van der Waals surface area (Å²) in [7, 11) is 0. The van der Waals surface area contributed by atoms with E-state index in [1.807, 2.05) is 4.90 Å². The van der Waals surface area contributed by atoms with Crippen LogP contribution in [-0.4, -0.2) is 59.0 Å². The largest absolute Gasteiger partial charge is 0.384 e. The minimum atomic E-state index is -0.952. The molecule has 1 saturated heterocycles. The number of carbonyl (C=O) groups excluding carboxylic acids is 2. The Labute approximate surface area is 140 Å². The standard InChI is InChI=1S/C18H32N2O3/c1-3-16(13-15-7-5-4-6-8-15)18(23)20-11-9-19(10-12-20)17(22)14(2)21/h14-16,21H,3-13H2,1-2H3. The van der Waals surface area contributed by atoms with E-state index < -0.39 is 6.10 Å². The third-order valence-corrected chi connectivity index (χ3v) is 5.45. The number of rotatable bonds is 5. The Morgan fingerprint density at radius 3 is 2.00 bits per heavy atom. The van der Waals surface area contributed by atoms with Crippen molar-refractivity contribution in [2.45, 2.75) is 64.9 Å². The second kappa shape index (κ2) is 8.67. The molecule has 0 spiro atoms. The van der Waals surface area contributed by atoms with Crippen molar-refractivity contribution in [3.8, 4) is 0 Å². The summed E-state index contributed by atoms with van der Waals surface area (Å²) >= 11 is 0. The highest BCUT2D eigenvalue weighted by molar-refractivity contribution is 5.81. The van der Waals surface area contributed by atoms with Crippen molar-refractivity contribution in [3.63, 3.8) is 0 Å². The van der Waals surface area contributed by atoms with E-state index >= 15 is 0 Å². The van der Waals surface area contributed by atoms with Crippen LogP contribution in [0.3, 0.4) is 0 Å². The molecule has 0 aromatic rings. The van der Waals surface area contributed by atoms with Crippen molar-refractivity contribution in [2.75, 3.05) is 26.2 Å². The SMILES string of the molecule is CCC(CC1CCCCC1)C(=O)N1CCN(C(=O)C(C)O)CC1. The van der Waals surface area contributed by atoms with Crippen LogP contribution in [0.4, 0.5) is 0 Å². The predicted molar refractivity (Wildman–Crippen MR) is 89.8 cm³/mol. The van der Waals surface area contributed by atoms with E-state index in [1.165, 1.54) is 39.0 Å². The first-order valence-corrected chi connectivity index (χ1v) is 9.28. The third kappa shape index (κ3) is 4.93. The van der Waals surface area contributed by atoms with Gasteiger partial charge in [-0.3, -0.25) is 9.59 Å². The highest BCUT2D eigenvalue weighted by Gasteiger charge is 2.30. The van der Waals surface area contributed by atoms with Gasteiger partial charge in [0.1, 0.15) is 6.10 Å². The maximum absolute atomic E-state index is 12.8. The van der Waals surface area contributed by atoms with Crippen LogP contribution in [-0.2, 0) is 9.59 Å². The van der Waals surface area contributed by atoms with Gasteiger partial charge in [-0.1, -0.05) is 39.0 Å². The quantitative estimate of drug-likeness (QED) is 0.842. The molecule has 0 aromatic heterocycles. The number of amides is 2. The monoisotopic (exact) mass is 324 g/mol. The van der Waals surface area contributed by atoms with Crippen LogP contribution in [0.1, 0.15) is 58.8 Å². The molecular formula is C18H32N2O3. The van der Waals surface area contributed by atoms with Gasteiger partial charge in [-0.2, -0.15) is 0 Å². The molecular weight excluding hydrogens is 292 g/mol. The van der Waals surface area contributed by atoms with Gasteiger partial charge in [0.15, 0.2) is 0 Å². The normalized spacial score (nSPS) is 22.7. The van der Waals surface area contributed by atoms with Crippen LogP contribution < -0.4 is 0 Å². The Morgan fingerprint density at radius 2 is 1.52 bits per heavy atom. The molecule has 0 radical (unpaired) electrons. The predicted octanol–water partition coefficient (Wildman–Crippen LogP) is 2.03. The maximum atomic E-state index is 12.8. The molecule has 1 aliphatic heterocycles. The Bertz CT molecular complexity index is 397. The van der Waals surface area contributed by atoms with Crippen LogP contribution >= 0.6 is 0 Å². The Kier molecular flexibility index (Phi) is 6.88. The zero-order chi connectivity index (χ0) is 16.8. The van der Waals surface area contributed by atoms with Crippen LogP contribution in [0.2, 0.25) is 0 Å². The maximum Gasteiger partial charge on any atom is 0.251 e. The van der Waals surface area contributed by atoms with Crippen LogP contribution in [0.15, 0.2) is 0 Å². The van der Waals surface area contributed by atoms with Crippen LogP contribution in [0.5, 0.6) is 0 Å². The zero-order valence-electron chi connectivity index (χ0n) is 14.7. The summed E-state index contributed by atoms with van der Waals surface area (Å²) in [5.74, 6) is 0.890. The lowest BCUT2D eigenvalue weighted by atomic mass is 9.81. The van der Waals surface area contributed by atoms with Gasteiger partial charge in [0.25, 0.3) is 5.91 Å². The molecule has 5 nitrogen and oxygen atoms in total. The highest BCUT2D eigenvalue weighted by atomic mass is 16.3. The van der Waals surface area contributed by atoms with E-state index in [2.05, 4.69) is 6.92 Å². The van der Waals surface area contributed by atoms with Gasteiger partial charge in [0.05, 0.1) is 0 Å². The van der Waals surface area contributed by atoms with Crippen LogP contribution in [0.25, 0.3) is 0 Å². The summed E-state index contributed by atoms with van der Waals surface area (Å²) in [6, 6.07) is 0. The first kappa shape index (κ1) is 18.2. The fraction of sp³-hybridized carbons (Fsp3) is 0.889. The summed E-state index contributed by atoms with van der Waals surface area (Å²) in [6.07, 6.45) is 7.52. The summed E-state index contributed by atoms with van der Waals surface area (Å²) in [4.78, 5) is 28.2. The Hall–Kier alpha value is -1.10. The average molecular weight is 324 g/mol. The lowest BCUT2D eigenvalue weighted by molar-refractivity contribution is -0.146. The topological polar surface area (TPSA) is 60.9 Å². The summed E-state index contributed by atoms with van der Waals surface area (Å²) in [6.45, 7) is 5.87. The molecule has 5 heteroatoms. The second-order valence-electron chi connectivity index (χ2n) is 7.17. The molecule has 23 heavy (non-hydrogen) atoms. The number of hydrogen-bond acceptors (Lipinski definition) is 3. The van der Waals surface area contributed by atoms with E-state index in [-0.39, 0.29) is 17.7 Å². The van der Waals surface area contributed by atoms with Crippen molar-refractivity contribution >= 4 is 11.8 Å². The fourth-order valence-electron chi connectivity index (χ4n) is 3.94. The van der Waals surface area contributed by atoms with Gasteiger partial charge >= 0.3 is 0 Å². The van der Waals surface area contributed by atoms with Crippen molar-refractivity contribution in [1.82, 2.24) is 9.80 Å². The molecule has 2 amide bonds. The van der Waals surface area contributed by atoms with E-state index in [0.29, 0.717) is 26.2 Å². The van der Waals surface area contributed by atoms with Crippen molar-refractivity contribution < 1.29 is 14.7 Å². The Balaban J connectivity index is 1.83. The van der Waals surface area contributed by atoms with Gasteiger partial charge in [-0.25, -0.2) is 0 Å². The molecule has 1 N–H and O–H groups in total. The number of hydrogen-bond donors (Lipinski definition) is 1. The second-order valence-corrected chi connectivity index (χ2v) is 7.17. The van der Waals surface area contributed by atoms with Gasteiger partial charge in [0.2, 0.25) is 5.91 Å². The van der Waals surface area contributed by atoms with Crippen molar-refractivity contribution in [1.29, 1.82) is 0 Å². The van der Waals surface area contributed by atoms with Crippen molar-refractivity contribution in [3.05, 3.63) is 0 Å². The third-order valence-electron chi connectivity index (χ3n) is 5.45. The fourth-order valence-corrected chi connectivity index (χ4v) is 3.94. The molecule has 2 rings (SSSR count). The number of piperazine rings is 1. The van der Waals surface area contributed by atoms with E-state index in [0.717, 1.165) is 18.8 Å². The number of aliphatic hydroxyl groups is 1. The molecule has 0 bridgehead atoms. The minimum Gasteiger partial charge on any atom is -0.384 e. The molecule has 1 saturated carbocycles. The number of nitrogens with zero attached hydrogens (tertiary/aromatic N) is 2. The highest BCUT2D eigenvalue weighted by Crippen LogP contribution is 2.31. The van der Waals surface area contributed by atoms with Gasteiger partial charge in [-0.15, -0.1) is 0 Å². The number of carbonyl (C=O) groups is 2. The summed E-state index contributed by atoms with van der Waals surface area (Å²) < 4.78 is 0. The van der Waals surface area contributed by atoms with E-state index in [9.17, 15) is 14.7 Å². The van der Waals surface area contributed by atoms with E-state index in [1.54, 1.807) is 4.90 Å². The molecule has 2 atom stereocenters. The van der Waals surface area contributed by atoms with Crippen molar-refractivity contribution in [2.24, 2.45) is 11.8 Å². The molecule has 1 heterocycles. The van der Waals surface area contributed by atoms with Crippen LogP contribution in [0, 0.1) is 11.8 Å². The zero-order valence-corrected chi connectivity index (χ0v) is 14.7. The first-order chi connectivity index (χ1) is 11.0. The number of aliphatic hydroxyl groups excluding tert-OH is 1. The first-order valence-electron chi connectivity index (χ1n) is 9.28. The summed E-state index contributed by atoms with van der Waals surface area (Å²) in [5, 5.41) is 9.39. The molecule has 132 valence electrons.